The topological polar surface area (TPSA) is 38.9 Å². The number of hydrogen-bond acceptors (Lipinski definition) is 2. The number of pyridine rings is 1. The van der Waals surface area contributed by atoms with E-state index in [1.807, 2.05) is 30.5 Å². The minimum absolute atomic E-state index is 0.112. The zero-order valence-electron chi connectivity index (χ0n) is 9.21. The van der Waals surface area contributed by atoms with Gasteiger partial charge in [0.15, 0.2) is 0 Å². The van der Waals surface area contributed by atoms with Crippen LogP contribution in [0.2, 0.25) is 0 Å². The molecule has 0 saturated carbocycles. The highest BCUT2D eigenvalue weighted by Gasteiger charge is 2.05. The maximum Gasteiger partial charge on any atom is 0.0299 e. The van der Waals surface area contributed by atoms with Crippen LogP contribution in [0.15, 0.2) is 54.9 Å². The third-order valence-corrected chi connectivity index (χ3v) is 2.69. The summed E-state index contributed by atoms with van der Waals surface area (Å²) in [5.74, 6) is 0. The van der Waals surface area contributed by atoms with Crippen molar-refractivity contribution in [3.63, 3.8) is 0 Å². The minimum atomic E-state index is 0.112. The molecule has 1 unspecified atom stereocenters. The van der Waals surface area contributed by atoms with E-state index < -0.39 is 0 Å². The van der Waals surface area contributed by atoms with E-state index in [1.54, 1.807) is 6.20 Å². The fraction of sp³-hybridized carbons (Fsp3) is 0.214. The first-order chi connectivity index (χ1) is 7.86. The number of aryl methyl sites for hydroxylation is 1. The van der Waals surface area contributed by atoms with E-state index >= 15 is 0 Å². The number of rotatable bonds is 4. The van der Waals surface area contributed by atoms with Crippen LogP contribution in [0, 0.1) is 0 Å². The highest BCUT2D eigenvalue weighted by molar-refractivity contribution is 5.19. The van der Waals surface area contributed by atoms with Gasteiger partial charge in [0.2, 0.25) is 0 Å². The fourth-order valence-corrected chi connectivity index (χ4v) is 1.74. The predicted octanol–water partition coefficient (Wildman–Crippen LogP) is 2.71. The number of nitrogens with zero attached hydrogens (tertiary/aromatic N) is 1. The van der Waals surface area contributed by atoms with Crippen LogP contribution >= 0.6 is 0 Å². The lowest BCUT2D eigenvalue weighted by Gasteiger charge is -2.11. The van der Waals surface area contributed by atoms with Gasteiger partial charge in [-0.25, -0.2) is 0 Å². The molecule has 0 bridgehead atoms. The van der Waals surface area contributed by atoms with Gasteiger partial charge in [-0.1, -0.05) is 36.4 Å². The van der Waals surface area contributed by atoms with Crippen LogP contribution < -0.4 is 5.73 Å². The van der Waals surface area contributed by atoms with Gasteiger partial charge >= 0.3 is 0 Å². The molecular weight excluding hydrogens is 196 g/mol. The van der Waals surface area contributed by atoms with Crippen molar-refractivity contribution < 1.29 is 0 Å². The molecule has 0 aliphatic heterocycles. The van der Waals surface area contributed by atoms with Crippen molar-refractivity contribution in [2.75, 3.05) is 0 Å². The molecule has 1 heterocycles. The van der Waals surface area contributed by atoms with Gasteiger partial charge in [-0.05, 0) is 30.0 Å². The summed E-state index contributed by atoms with van der Waals surface area (Å²) in [5, 5.41) is 0. The average molecular weight is 212 g/mol. The predicted molar refractivity (Wildman–Crippen MR) is 65.9 cm³/mol. The molecule has 1 atom stereocenters. The largest absolute Gasteiger partial charge is 0.324 e. The average Bonchev–Trinajstić information content (AvgIpc) is 2.38. The lowest BCUT2D eigenvalue weighted by atomic mass is 10.0. The van der Waals surface area contributed by atoms with Crippen molar-refractivity contribution in [1.29, 1.82) is 0 Å². The van der Waals surface area contributed by atoms with Crippen LogP contribution in [0.25, 0.3) is 0 Å². The van der Waals surface area contributed by atoms with Crippen molar-refractivity contribution in [2.24, 2.45) is 5.73 Å². The van der Waals surface area contributed by atoms with Gasteiger partial charge in [-0.2, -0.15) is 0 Å². The molecule has 1 aromatic heterocycles. The van der Waals surface area contributed by atoms with Gasteiger partial charge in [0, 0.05) is 18.4 Å². The number of nitrogens with two attached hydrogens (primary N) is 1. The highest BCUT2D eigenvalue weighted by atomic mass is 14.6. The molecule has 1 aromatic carbocycles. The summed E-state index contributed by atoms with van der Waals surface area (Å²) in [7, 11) is 0. The van der Waals surface area contributed by atoms with Crippen molar-refractivity contribution in [3.8, 4) is 0 Å². The Hall–Kier alpha value is -1.67. The van der Waals surface area contributed by atoms with Crippen LogP contribution in [-0.4, -0.2) is 4.98 Å². The van der Waals surface area contributed by atoms with Crippen molar-refractivity contribution in [1.82, 2.24) is 4.98 Å². The van der Waals surface area contributed by atoms with Gasteiger partial charge in [0.25, 0.3) is 0 Å². The Morgan fingerprint density at radius 1 is 1.06 bits per heavy atom. The number of hydrogen-bond donors (Lipinski definition) is 1. The van der Waals surface area contributed by atoms with Crippen molar-refractivity contribution in [2.45, 2.75) is 18.9 Å². The first-order valence-corrected chi connectivity index (χ1v) is 5.55. The van der Waals surface area contributed by atoms with E-state index in [4.69, 9.17) is 5.73 Å². The normalized spacial score (nSPS) is 12.3. The van der Waals surface area contributed by atoms with E-state index in [2.05, 4.69) is 23.2 Å². The second-order valence-corrected chi connectivity index (χ2v) is 3.92. The molecule has 0 aliphatic rings. The lowest BCUT2D eigenvalue weighted by Crippen LogP contribution is -2.11. The quantitative estimate of drug-likeness (QED) is 0.846. The third kappa shape index (κ3) is 2.91. The van der Waals surface area contributed by atoms with E-state index in [0.717, 1.165) is 12.8 Å². The Labute approximate surface area is 96.1 Å². The van der Waals surface area contributed by atoms with Gasteiger partial charge in [0.1, 0.15) is 0 Å². The molecule has 16 heavy (non-hydrogen) atoms. The van der Waals surface area contributed by atoms with Crippen LogP contribution in [-0.2, 0) is 6.42 Å². The summed E-state index contributed by atoms with van der Waals surface area (Å²) in [6.07, 6.45) is 5.62. The Balaban J connectivity index is 1.92. The Morgan fingerprint density at radius 3 is 2.56 bits per heavy atom. The van der Waals surface area contributed by atoms with E-state index in [9.17, 15) is 0 Å². The summed E-state index contributed by atoms with van der Waals surface area (Å²) >= 11 is 0. The number of aromatic nitrogens is 1. The minimum Gasteiger partial charge on any atom is -0.324 e. The molecule has 2 rings (SSSR count). The molecule has 0 radical (unpaired) electrons. The van der Waals surface area contributed by atoms with E-state index in [1.165, 1.54) is 11.1 Å². The van der Waals surface area contributed by atoms with E-state index in [-0.39, 0.29) is 6.04 Å². The van der Waals surface area contributed by atoms with Crippen molar-refractivity contribution >= 4 is 0 Å². The van der Waals surface area contributed by atoms with Crippen molar-refractivity contribution in [3.05, 3.63) is 66.0 Å². The van der Waals surface area contributed by atoms with Crippen LogP contribution in [0.5, 0.6) is 0 Å². The van der Waals surface area contributed by atoms with Crippen LogP contribution in [0.1, 0.15) is 23.6 Å². The summed E-state index contributed by atoms with van der Waals surface area (Å²) in [4.78, 5) is 4.09. The Kier molecular flexibility index (Phi) is 3.67. The maximum atomic E-state index is 6.12. The molecule has 2 nitrogen and oxygen atoms in total. The third-order valence-electron chi connectivity index (χ3n) is 2.69. The standard InChI is InChI=1S/C14H16N2/c15-14(13-6-2-1-3-7-13)9-8-12-5-4-10-16-11-12/h1-7,10-11,14H,8-9,15H2. The first kappa shape index (κ1) is 10.8. The van der Waals surface area contributed by atoms with E-state index in [0.29, 0.717) is 0 Å². The summed E-state index contributed by atoms with van der Waals surface area (Å²) in [5.41, 5.74) is 8.57. The number of benzene rings is 1. The Morgan fingerprint density at radius 2 is 1.88 bits per heavy atom. The lowest BCUT2D eigenvalue weighted by molar-refractivity contribution is 0.650. The zero-order chi connectivity index (χ0) is 11.2. The maximum absolute atomic E-state index is 6.12. The van der Waals surface area contributed by atoms with Crippen LogP contribution in [0.4, 0.5) is 0 Å². The van der Waals surface area contributed by atoms with Gasteiger partial charge in [-0.15, -0.1) is 0 Å². The molecule has 0 amide bonds. The molecule has 2 aromatic rings. The SMILES string of the molecule is NC(CCc1cccnc1)c1ccccc1. The van der Waals surface area contributed by atoms with Gasteiger partial charge < -0.3 is 5.73 Å². The molecule has 0 spiro atoms. The van der Waals surface area contributed by atoms with Crippen LogP contribution in [0.3, 0.4) is 0 Å². The molecule has 0 fully saturated rings. The second-order valence-electron chi connectivity index (χ2n) is 3.92. The summed E-state index contributed by atoms with van der Waals surface area (Å²) in [6.45, 7) is 0. The molecular formula is C14H16N2. The molecule has 0 aliphatic carbocycles. The molecule has 0 saturated heterocycles. The first-order valence-electron chi connectivity index (χ1n) is 5.55. The Bertz CT molecular complexity index is 411. The summed E-state index contributed by atoms with van der Waals surface area (Å²) < 4.78 is 0. The van der Waals surface area contributed by atoms with Gasteiger partial charge in [0.05, 0.1) is 0 Å². The molecule has 82 valence electrons. The summed E-state index contributed by atoms with van der Waals surface area (Å²) in [6, 6.07) is 14.4. The van der Waals surface area contributed by atoms with Gasteiger partial charge in [-0.3, -0.25) is 4.98 Å². The second kappa shape index (κ2) is 5.42. The molecule has 2 heteroatoms. The fourth-order valence-electron chi connectivity index (χ4n) is 1.74. The molecule has 2 N–H and O–H groups in total. The smallest absolute Gasteiger partial charge is 0.0299 e. The zero-order valence-corrected chi connectivity index (χ0v) is 9.21. The monoisotopic (exact) mass is 212 g/mol. The highest BCUT2D eigenvalue weighted by Crippen LogP contribution is 2.15.